The molecule has 1 aromatic rings. The minimum atomic E-state index is -3.62. The van der Waals surface area contributed by atoms with Crippen molar-refractivity contribution in [3.05, 3.63) is 23.8 Å². The fraction of sp³-hybridized carbons (Fsp3) is 0.462. The van der Waals surface area contributed by atoms with Gasteiger partial charge in [-0.2, -0.15) is 0 Å². The van der Waals surface area contributed by atoms with Crippen LogP contribution in [0.15, 0.2) is 23.1 Å². The van der Waals surface area contributed by atoms with Gasteiger partial charge in [-0.15, -0.1) is 0 Å². The highest BCUT2D eigenvalue weighted by Gasteiger charge is 2.28. The Kier molecular flexibility index (Phi) is 4.01. The maximum absolute atomic E-state index is 12.4. The molecule has 0 bridgehead atoms. The summed E-state index contributed by atoms with van der Waals surface area (Å²) in [5.74, 6) is 0.0422. The van der Waals surface area contributed by atoms with Crippen LogP contribution in [0.3, 0.4) is 0 Å². The first-order valence-corrected chi connectivity index (χ1v) is 7.91. The van der Waals surface area contributed by atoms with E-state index in [2.05, 4.69) is 4.72 Å². The van der Waals surface area contributed by atoms with Crippen LogP contribution in [0.4, 0.5) is 5.69 Å². The van der Waals surface area contributed by atoms with Crippen molar-refractivity contribution < 1.29 is 13.2 Å². The molecule has 1 amide bonds. The molecule has 1 atom stereocenters. The van der Waals surface area contributed by atoms with Crippen LogP contribution < -0.4 is 10.5 Å². The Balaban J connectivity index is 2.20. The number of carbonyl (C=O) groups excluding carboxylic acids is 1. The number of nitrogens with one attached hydrogen (secondary N) is 1. The van der Waals surface area contributed by atoms with Crippen LogP contribution in [-0.2, 0) is 14.8 Å². The van der Waals surface area contributed by atoms with Crippen molar-refractivity contribution in [1.82, 2.24) is 9.62 Å². The molecule has 110 valence electrons. The van der Waals surface area contributed by atoms with E-state index >= 15 is 0 Å². The number of sulfonamides is 1. The molecule has 2 rings (SSSR count). The van der Waals surface area contributed by atoms with Gasteiger partial charge in [-0.1, -0.05) is 6.07 Å². The van der Waals surface area contributed by atoms with Crippen LogP contribution >= 0.6 is 0 Å². The summed E-state index contributed by atoms with van der Waals surface area (Å²) in [4.78, 5) is 13.1. The van der Waals surface area contributed by atoms with Gasteiger partial charge in [0.1, 0.15) is 0 Å². The van der Waals surface area contributed by atoms with Gasteiger partial charge in [-0.05, 0) is 31.0 Å². The number of carbonyl (C=O) groups is 1. The van der Waals surface area contributed by atoms with E-state index in [0.717, 1.165) is 0 Å². The number of hydrogen-bond acceptors (Lipinski definition) is 4. The van der Waals surface area contributed by atoms with Crippen molar-refractivity contribution in [2.24, 2.45) is 0 Å². The second-order valence-corrected chi connectivity index (χ2v) is 6.78. The molecule has 0 saturated carbocycles. The van der Waals surface area contributed by atoms with Gasteiger partial charge >= 0.3 is 0 Å². The minimum Gasteiger partial charge on any atom is -0.398 e. The van der Waals surface area contributed by atoms with E-state index in [1.54, 1.807) is 31.0 Å². The largest absolute Gasteiger partial charge is 0.398 e. The lowest BCUT2D eigenvalue weighted by Crippen LogP contribution is -2.48. The Morgan fingerprint density at radius 1 is 1.40 bits per heavy atom. The van der Waals surface area contributed by atoms with Crippen molar-refractivity contribution in [3.8, 4) is 0 Å². The number of likely N-dealkylation sites (tertiary alicyclic amines) is 1. The predicted octanol–water partition coefficient (Wildman–Crippen LogP) is 0.476. The number of piperidine rings is 1. The number of amides is 1. The Morgan fingerprint density at radius 3 is 2.75 bits per heavy atom. The highest BCUT2D eigenvalue weighted by atomic mass is 32.2. The second kappa shape index (κ2) is 5.41. The molecule has 1 unspecified atom stereocenters. The highest BCUT2D eigenvalue weighted by Crippen LogP contribution is 2.21. The molecule has 1 heterocycles. The van der Waals surface area contributed by atoms with Crippen molar-refractivity contribution in [2.45, 2.75) is 30.7 Å². The number of anilines is 1. The summed E-state index contributed by atoms with van der Waals surface area (Å²) in [7, 11) is -1.95. The lowest BCUT2D eigenvalue weighted by molar-refractivity contribution is -0.132. The maximum atomic E-state index is 12.4. The zero-order valence-corrected chi connectivity index (χ0v) is 12.4. The minimum absolute atomic E-state index is 0.0422. The van der Waals surface area contributed by atoms with Crippen LogP contribution in [0, 0.1) is 6.92 Å². The van der Waals surface area contributed by atoms with Gasteiger partial charge in [0.25, 0.3) is 0 Å². The van der Waals surface area contributed by atoms with E-state index in [4.69, 9.17) is 5.73 Å². The van der Waals surface area contributed by atoms with Crippen LogP contribution in [0.25, 0.3) is 0 Å². The lowest BCUT2D eigenvalue weighted by atomic mass is 10.1. The summed E-state index contributed by atoms with van der Waals surface area (Å²) in [6.45, 7) is 2.07. The summed E-state index contributed by atoms with van der Waals surface area (Å²) < 4.78 is 27.4. The summed E-state index contributed by atoms with van der Waals surface area (Å²) in [6.07, 6.45) is 0.878. The van der Waals surface area contributed by atoms with E-state index in [9.17, 15) is 13.2 Å². The van der Waals surface area contributed by atoms with Gasteiger partial charge in [0, 0.05) is 31.7 Å². The van der Waals surface area contributed by atoms with Gasteiger partial charge < -0.3 is 10.6 Å². The van der Waals surface area contributed by atoms with Crippen LogP contribution in [0.1, 0.15) is 18.4 Å². The molecule has 0 aliphatic carbocycles. The number of nitrogen functional groups attached to an aromatic ring is 1. The fourth-order valence-electron chi connectivity index (χ4n) is 2.31. The Labute approximate surface area is 119 Å². The predicted molar refractivity (Wildman–Crippen MR) is 76.6 cm³/mol. The summed E-state index contributed by atoms with van der Waals surface area (Å²) in [5.41, 5.74) is 6.74. The standard InChI is InChI=1S/C13H19N3O3S/c1-9-11(14)4-3-5-12(9)20(18,19)15-10-6-7-13(17)16(2)8-10/h3-5,10,15H,6-8,14H2,1-2H3. The molecular weight excluding hydrogens is 278 g/mol. The quantitative estimate of drug-likeness (QED) is 0.794. The molecule has 7 heteroatoms. The van der Waals surface area contributed by atoms with Crippen LogP contribution in [0.5, 0.6) is 0 Å². The van der Waals surface area contributed by atoms with Crippen LogP contribution in [0.2, 0.25) is 0 Å². The molecule has 1 aliphatic heterocycles. The van der Waals surface area contributed by atoms with E-state index in [1.165, 1.54) is 6.07 Å². The molecule has 20 heavy (non-hydrogen) atoms. The fourth-order valence-corrected chi connectivity index (χ4v) is 3.85. The van der Waals surface area contributed by atoms with E-state index in [-0.39, 0.29) is 16.8 Å². The number of nitrogens with zero attached hydrogens (tertiary/aromatic N) is 1. The first kappa shape index (κ1) is 14.8. The number of hydrogen-bond donors (Lipinski definition) is 2. The number of likely N-dealkylation sites (N-methyl/N-ethyl adjacent to an activating group) is 1. The highest BCUT2D eigenvalue weighted by molar-refractivity contribution is 7.89. The topological polar surface area (TPSA) is 92.5 Å². The maximum Gasteiger partial charge on any atom is 0.241 e. The summed E-state index contributed by atoms with van der Waals surface area (Å²) in [6, 6.07) is 4.56. The summed E-state index contributed by atoms with van der Waals surface area (Å²) >= 11 is 0. The van der Waals surface area contributed by atoms with Crippen molar-refractivity contribution in [2.75, 3.05) is 19.3 Å². The second-order valence-electron chi connectivity index (χ2n) is 5.10. The molecule has 1 saturated heterocycles. The van der Waals surface area contributed by atoms with Gasteiger partial charge in [-0.3, -0.25) is 4.79 Å². The normalized spacial score (nSPS) is 20.2. The molecular formula is C13H19N3O3S. The third-order valence-electron chi connectivity index (χ3n) is 3.56. The average molecular weight is 297 g/mol. The van der Waals surface area contributed by atoms with Gasteiger partial charge in [0.15, 0.2) is 0 Å². The molecule has 0 radical (unpaired) electrons. The van der Waals surface area contributed by atoms with E-state index in [1.807, 2.05) is 0 Å². The third kappa shape index (κ3) is 2.94. The monoisotopic (exact) mass is 297 g/mol. The molecule has 1 aliphatic rings. The lowest BCUT2D eigenvalue weighted by Gasteiger charge is -2.30. The van der Waals surface area contributed by atoms with Gasteiger partial charge in [-0.25, -0.2) is 13.1 Å². The zero-order valence-electron chi connectivity index (χ0n) is 11.6. The molecule has 3 N–H and O–H groups in total. The average Bonchev–Trinajstić information content (AvgIpc) is 2.36. The SMILES string of the molecule is Cc1c(N)cccc1S(=O)(=O)NC1CCC(=O)N(C)C1. The Morgan fingerprint density at radius 2 is 2.10 bits per heavy atom. The first-order chi connectivity index (χ1) is 9.31. The van der Waals surface area contributed by atoms with Crippen molar-refractivity contribution >= 4 is 21.6 Å². The van der Waals surface area contributed by atoms with Gasteiger partial charge in [0.05, 0.1) is 4.90 Å². The van der Waals surface area contributed by atoms with Crippen molar-refractivity contribution in [3.63, 3.8) is 0 Å². The molecule has 1 aromatic carbocycles. The number of rotatable bonds is 3. The molecule has 0 aromatic heterocycles. The van der Waals surface area contributed by atoms with E-state index in [0.29, 0.717) is 30.6 Å². The Hall–Kier alpha value is -1.60. The zero-order chi connectivity index (χ0) is 14.9. The molecule has 0 spiro atoms. The molecule has 6 nitrogen and oxygen atoms in total. The van der Waals surface area contributed by atoms with Gasteiger partial charge in [0.2, 0.25) is 15.9 Å². The van der Waals surface area contributed by atoms with Crippen molar-refractivity contribution in [1.29, 1.82) is 0 Å². The third-order valence-corrected chi connectivity index (χ3v) is 5.23. The summed E-state index contributed by atoms with van der Waals surface area (Å²) in [5, 5.41) is 0. The Bertz CT molecular complexity index is 628. The number of nitrogens with two attached hydrogens (primary N) is 1. The first-order valence-electron chi connectivity index (χ1n) is 6.42. The van der Waals surface area contributed by atoms with Crippen LogP contribution in [-0.4, -0.2) is 38.9 Å². The smallest absolute Gasteiger partial charge is 0.241 e. The molecule has 1 fully saturated rings. The van der Waals surface area contributed by atoms with E-state index < -0.39 is 10.0 Å². The number of benzene rings is 1.